The van der Waals surface area contributed by atoms with Gasteiger partial charge in [0.2, 0.25) is 0 Å². The van der Waals surface area contributed by atoms with E-state index in [0.29, 0.717) is 6.04 Å². The van der Waals surface area contributed by atoms with Crippen LogP contribution in [-0.4, -0.2) is 42.5 Å². The van der Waals surface area contributed by atoms with Gasteiger partial charge in [-0.15, -0.1) is 23.2 Å². The highest BCUT2D eigenvalue weighted by molar-refractivity contribution is 6.30. The predicted octanol–water partition coefficient (Wildman–Crippen LogP) is 1.86. The van der Waals surface area contributed by atoms with Crippen molar-refractivity contribution in [1.29, 1.82) is 0 Å². The van der Waals surface area contributed by atoms with Crippen molar-refractivity contribution in [3.05, 3.63) is 0 Å². The monoisotopic (exact) mass is 224 g/mol. The largest absolute Gasteiger partial charge is 0.305 e. The van der Waals surface area contributed by atoms with Gasteiger partial charge in [0.1, 0.15) is 5.50 Å². The Morgan fingerprint density at radius 3 is 2.54 bits per heavy atom. The van der Waals surface area contributed by atoms with Crippen LogP contribution in [-0.2, 0) is 0 Å². The van der Waals surface area contributed by atoms with E-state index in [1.54, 1.807) is 0 Å². The zero-order valence-corrected chi connectivity index (χ0v) is 9.78. The molecule has 1 aliphatic rings. The number of halogens is 2. The fraction of sp³-hybridized carbons (Fsp3) is 1.00. The lowest BCUT2D eigenvalue weighted by molar-refractivity contribution is 0.245. The number of hydrogen-bond donors (Lipinski definition) is 1. The molecular weight excluding hydrogens is 207 g/mol. The lowest BCUT2D eigenvalue weighted by Gasteiger charge is -2.33. The molecule has 1 fully saturated rings. The molecule has 78 valence electrons. The van der Waals surface area contributed by atoms with E-state index < -0.39 is 0 Å². The van der Waals surface area contributed by atoms with E-state index in [-0.39, 0.29) is 10.9 Å². The van der Waals surface area contributed by atoms with Gasteiger partial charge in [0.25, 0.3) is 0 Å². The molecular formula is C9H18Cl2N2. The van der Waals surface area contributed by atoms with Gasteiger partial charge in [-0.25, -0.2) is 0 Å². The van der Waals surface area contributed by atoms with Crippen molar-refractivity contribution in [2.45, 2.75) is 36.2 Å². The average Bonchev–Trinajstić information content (AvgIpc) is 2.06. The lowest BCUT2D eigenvalue weighted by Crippen LogP contribution is -2.47. The van der Waals surface area contributed by atoms with Crippen LogP contribution < -0.4 is 5.32 Å². The molecule has 0 amide bonds. The van der Waals surface area contributed by atoms with E-state index in [4.69, 9.17) is 23.2 Å². The van der Waals surface area contributed by atoms with Crippen LogP contribution in [0.3, 0.4) is 0 Å². The van der Waals surface area contributed by atoms with Crippen LogP contribution in [0.15, 0.2) is 0 Å². The molecule has 0 bridgehead atoms. The third-order valence-corrected chi connectivity index (χ3v) is 3.67. The Morgan fingerprint density at radius 2 is 1.92 bits per heavy atom. The van der Waals surface area contributed by atoms with Crippen LogP contribution in [0.2, 0.25) is 0 Å². The Kier molecular flexibility index (Phi) is 4.81. The van der Waals surface area contributed by atoms with Gasteiger partial charge in [-0.05, 0) is 33.5 Å². The molecule has 0 aliphatic carbocycles. The maximum absolute atomic E-state index is 6.27. The summed E-state index contributed by atoms with van der Waals surface area (Å²) in [5.41, 5.74) is -0.102. The number of alkyl halides is 2. The summed E-state index contributed by atoms with van der Waals surface area (Å²) >= 11 is 12.4. The van der Waals surface area contributed by atoms with Crippen molar-refractivity contribution in [2.75, 3.05) is 20.6 Å². The van der Waals surface area contributed by atoms with E-state index in [9.17, 15) is 0 Å². The number of rotatable bonds is 1. The Morgan fingerprint density at radius 1 is 1.23 bits per heavy atom. The Labute approximate surface area is 90.6 Å². The molecule has 2 unspecified atom stereocenters. The second-order valence-corrected chi connectivity index (χ2v) is 4.80. The molecule has 0 spiro atoms. The zero-order valence-electron chi connectivity index (χ0n) is 8.26. The highest BCUT2D eigenvalue weighted by Gasteiger charge is 2.28. The molecule has 13 heavy (non-hydrogen) atoms. The molecule has 1 heterocycles. The van der Waals surface area contributed by atoms with Gasteiger partial charge in [0, 0.05) is 6.04 Å². The number of nitrogens with one attached hydrogen (secondary N) is 1. The van der Waals surface area contributed by atoms with Crippen molar-refractivity contribution < 1.29 is 0 Å². The number of nitrogens with zero attached hydrogens (tertiary/aromatic N) is 1. The summed E-state index contributed by atoms with van der Waals surface area (Å²) in [6.45, 7) is 0.984. The molecule has 0 aromatic rings. The van der Waals surface area contributed by atoms with Gasteiger partial charge >= 0.3 is 0 Å². The maximum Gasteiger partial charge on any atom is 0.101 e. The minimum atomic E-state index is -0.102. The first-order valence-electron chi connectivity index (χ1n) is 4.81. The average molecular weight is 225 g/mol. The third kappa shape index (κ3) is 3.28. The summed E-state index contributed by atoms with van der Waals surface area (Å²) in [6.07, 6.45) is 3.56. The molecule has 1 aliphatic heterocycles. The minimum absolute atomic E-state index is 0.00281. The van der Waals surface area contributed by atoms with E-state index >= 15 is 0 Å². The third-order valence-electron chi connectivity index (χ3n) is 2.58. The SMILES string of the molecule is CN(C)[C@@H]1CCCCNC(Cl)C1Cl. The Hall–Kier alpha value is 0.500. The molecule has 1 saturated heterocycles. The molecule has 1 rings (SSSR count). The molecule has 0 radical (unpaired) electrons. The zero-order chi connectivity index (χ0) is 9.84. The summed E-state index contributed by atoms with van der Waals surface area (Å²) in [5, 5.41) is 3.22. The van der Waals surface area contributed by atoms with Crippen molar-refractivity contribution >= 4 is 23.2 Å². The maximum atomic E-state index is 6.27. The summed E-state index contributed by atoms with van der Waals surface area (Å²) in [4.78, 5) is 2.17. The van der Waals surface area contributed by atoms with Gasteiger partial charge in [0.05, 0.1) is 5.38 Å². The van der Waals surface area contributed by atoms with Crippen LogP contribution in [0.1, 0.15) is 19.3 Å². The first kappa shape index (κ1) is 11.6. The summed E-state index contributed by atoms with van der Waals surface area (Å²) < 4.78 is 0. The molecule has 0 aromatic heterocycles. The first-order valence-corrected chi connectivity index (χ1v) is 5.68. The normalized spacial score (nSPS) is 37.2. The molecule has 2 nitrogen and oxygen atoms in total. The topological polar surface area (TPSA) is 15.3 Å². The fourth-order valence-electron chi connectivity index (χ4n) is 1.73. The molecule has 1 N–H and O–H groups in total. The minimum Gasteiger partial charge on any atom is -0.305 e. The second-order valence-electron chi connectivity index (χ2n) is 3.83. The van der Waals surface area contributed by atoms with Crippen LogP contribution >= 0.6 is 23.2 Å². The highest BCUT2D eigenvalue weighted by Crippen LogP contribution is 2.21. The van der Waals surface area contributed by atoms with Crippen LogP contribution in [0, 0.1) is 0 Å². The van der Waals surface area contributed by atoms with Crippen LogP contribution in [0.5, 0.6) is 0 Å². The van der Waals surface area contributed by atoms with Gasteiger partial charge in [-0.1, -0.05) is 6.42 Å². The van der Waals surface area contributed by atoms with E-state index in [1.165, 1.54) is 12.8 Å². The fourth-order valence-corrected chi connectivity index (χ4v) is 2.45. The van der Waals surface area contributed by atoms with E-state index in [1.807, 2.05) is 0 Å². The summed E-state index contributed by atoms with van der Waals surface area (Å²) in [7, 11) is 4.12. The van der Waals surface area contributed by atoms with Crippen molar-refractivity contribution in [2.24, 2.45) is 0 Å². The predicted molar refractivity (Wildman–Crippen MR) is 58.6 cm³/mol. The van der Waals surface area contributed by atoms with E-state index in [0.717, 1.165) is 13.0 Å². The quantitative estimate of drug-likeness (QED) is 0.541. The Bertz CT molecular complexity index is 153. The Balaban J connectivity index is 2.56. The van der Waals surface area contributed by atoms with Crippen molar-refractivity contribution in [3.63, 3.8) is 0 Å². The molecule has 3 atom stereocenters. The van der Waals surface area contributed by atoms with Crippen LogP contribution in [0.25, 0.3) is 0 Å². The highest BCUT2D eigenvalue weighted by atomic mass is 35.5. The molecule has 0 saturated carbocycles. The lowest BCUT2D eigenvalue weighted by atomic mass is 10.0. The second kappa shape index (κ2) is 5.40. The van der Waals surface area contributed by atoms with Crippen molar-refractivity contribution in [1.82, 2.24) is 10.2 Å². The smallest absolute Gasteiger partial charge is 0.101 e. The molecule has 4 heteroatoms. The van der Waals surface area contributed by atoms with E-state index in [2.05, 4.69) is 24.3 Å². The van der Waals surface area contributed by atoms with Crippen molar-refractivity contribution in [3.8, 4) is 0 Å². The summed E-state index contributed by atoms with van der Waals surface area (Å²) in [5.74, 6) is 0. The standard InChI is InChI=1S/C9H18Cl2N2/c1-13(2)7-5-3-4-6-12-9(11)8(7)10/h7-9,12H,3-6H2,1-2H3/t7-,8?,9?/m1/s1. The molecule has 0 aromatic carbocycles. The van der Waals surface area contributed by atoms with Crippen LogP contribution in [0.4, 0.5) is 0 Å². The first-order chi connectivity index (χ1) is 6.13. The number of hydrogen-bond acceptors (Lipinski definition) is 2. The van der Waals surface area contributed by atoms with Gasteiger partial charge in [0.15, 0.2) is 0 Å². The van der Waals surface area contributed by atoms with Gasteiger partial charge in [-0.2, -0.15) is 0 Å². The summed E-state index contributed by atoms with van der Waals surface area (Å²) in [6, 6.07) is 0.386. The van der Waals surface area contributed by atoms with Gasteiger partial charge < -0.3 is 10.2 Å². The van der Waals surface area contributed by atoms with Gasteiger partial charge in [-0.3, -0.25) is 0 Å².